The molecule has 0 atom stereocenters. The van der Waals surface area contributed by atoms with Gasteiger partial charge in [0.15, 0.2) is 5.65 Å². The standard InChI is InChI=1S/C8H10N4O/c13-6-4-9-7-1-2-8-10-3-5-12(8)11-7/h1-3,5,13H,4,6H2,(H,9,11). The first kappa shape index (κ1) is 8.00. The molecule has 2 aromatic heterocycles. The van der Waals surface area contributed by atoms with Crippen molar-refractivity contribution in [2.24, 2.45) is 0 Å². The molecule has 0 spiro atoms. The lowest BCUT2D eigenvalue weighted by Crippen LogP contribution is -2.08. The molecule has 0 saturated heterocycles. The van der Waals surface area contributed by atoms with E-state index in [9.17, 15) is 0 Å². The van der Waals surface area contributed by atoms with Crippen molar-refractivity contribution in [1.82, 2.24) is 14.6 Å². The lowest BCUT2D eigenvalue weighted by atomic mass is 10.5. The molecule has 0 aromatic carbocycles. The number of aromatic nitrogens is 3. The van der Waals surface area contributed by atoms with Gasteiger partial charge >= 0.3 is 0 Å². The second-order valence-electron chi connectivity index (χ2n) is 2.60. The van der Waals surface area contributed by atoms with Gasteiger partial charge in [-0.15, -0.1) is 5.10 Å². The minimum absolute atomic E-state index is 0.101. The number of imidazole rings is 1. The van der Waals surface area contributed by atoms with Crippen molar-refractivity contribution >= 4 is 11.5 Å². The molecule has 0 saturated carbocycles. The van der Waals surface area contributed by atoms with Crippen molar-refractivity contribution in [2.75, 3.05) is 18.5 Å². The van der Waals surface area contributed by atoms with Crippen molar-refractivity contribution in [1.29, 1.82) is 0 Å². The van der Waals surface area contributed by atoms with E-state index < -0.39 is 0 Å². The maximum Gasteiger partial charge on any atom is 0.153 e. The van der Waals surface area contributed by atoms with Crippen LogP contribution in [0, 0.1) is 0 Å². The van der Waals surface area contributed by atoms with Crippen LogP contribution in [0.1, 0.15) is 0 Å². The van der Waals surface area contributed by atoms with Gasteiger partial charge in [0, 0.05) is 18.9 Å². The van der Waals surface area contributed by atoms with E-state index in [2.05, 4.69) is 15.4 Å². The Morgan fingerprint density at radius 2 is 2.38 bits per heavy atom. The van der Waals surface area contributed by atoms with Crippen LogP contribution in [-0.2, 0) is 0 Å². The van der Waals surface area contributed by atoms with E-state index in [0.29, 0.717) is 6.54 Å². The Labute approximate surface area is 75.0 Å². The lowest BCUT2D eigenvalue weighted by Gasteiger charge is -2.02. The molecular weight excluding hydrogens is 168 g/mol. The van der Waals surface area contributed by atoms with Crippen molar-refractivity contribution in [2.45, 2.75) is 0 Å². The first-order valence-electron chi connectivity index (χ1n) is 4.05. The van der Waals surface area contributed by atoms with Gasteiger partial charge in [-0.2, -0.15) is 0 Å². The van der Waals surface area contributed by atoms with E-state index in [-0.39, 0.29) is 6.61 Å². The molecule has 0 fully saturated rings. The maximum absolute atomic E-state index is 8.59. The topological polar surface area (TPSA) is 62.5 Å². The molecule has 0 amide bonds. The highest BCUT2D eigenvalue weighted by Gasteiger charge is 1.96. The van der Waals surface area contributed by atoms with Gasteiger partial charge in [0.05, 0.1) is 6.61 Å². The Morgan fingerprint density at radius 1 is 1.46 bits per heavy atom. The van der Waals surface area contributed by atoms with Crippen molar-refractivity contribution < 1.29 is 5.11 Å². The fourth-order valence-corrected chi connectivity index (χ4v) is 1.09. The number of fused-ring (bicyclic) bond motifs is 1. The molecule has 0 bridgehead atoms. The van der Waals surface area contributed by atoms with E-state index >= 15 is 0 Å². The van der Waals surface area contributed by atoms with Gasteiger partial charge in [-0.25, -0.2) is 9.50 Å². The average Bonchev–Trinajstić information content (AvgIpc) is 2.61. The highest BCUT2D eigenvalue weighted by molar-refractivity contribution is 5.43. The third kappa shape index (κ3) is 1.59. The Hall–Kier alpha value is -1.62. The van der Waals surface area contributed by atoms with Gasteiger partial charge in [-0.1, -0.05) is 0 Å². The lowest BCUT2D eigenvalue weighted by molar-refractivity contribution is 0.311. The van der Waals surface area contributed by atoms with Gasteiger partial charge < -0.3 is 10.4 Å². The van der Waals surface area contributed by atoms with Crippen LogP contribution in [0.5, 0.6) is 0 Å². The van der Waals surface area contributed by atoms with Crippen molar-refractivity contribution in [3.8, 4) is 0 Å². The summed E-state index contributed by atoms with van der Waals surface area (Å²) in [4.78, 5) is 4.06. The normalized spacial score (nSPS) is 10.5. The highest BCUT2D eigenvalue weighted by atomic mass is 16.3. The highest BCUT2D eigenvalue weighted by Crippen LogP contribution is 2.04. The zero-order valence-corrected chi connectivity index (χ0v) is 7.01. The quantitative estimate of drug-likeness (QED) is 0.701. The molecule has 2 N–H and O–H groups in total. The summed E-state index contributed by atoms with van der Waals surface area (Å²) in [5.74, 6) is 0.736. The summed E-state index contributed by atoms with van der Waals surface area (Å²) in [6.07, 6.45) is 3.47. The Bertz CT molecular complexity index is 398. The number of nitrogens with one attached hydrogen (secondary N) is 1. The Kier molecular flexibility index (Phi) is 2.09. The van der Waals surface area contributed by atoms with Crippen LogP contribution in [0.4, 0.5) is 5.82 Å². The summed E-state index contributed by atoms with van der Waals surface area (Å²) >= 11 is 0. The van der Waals surface area contributed by atoms with Crippen LogP contribution in [-0.4, -0.2) is 32.9 Å². The Balaban J connectivity index is 2.26. The number of anilines is 1. The van der Waals surface area contributed by atoms with Crippen LogP contribution >= 0.6 is 0 Å². The monoisotopic (exact) mass is 178 g/mol. The molecule has 0 aliphatic heterocycles. The predicted molar refractivity (Wildman–Crippen MR) is 48.6 cm³/mol. The molecule has 0 unspecified atom stereocenters. The van der Waals surface area contributed by atoms with E-state index in [0.717, 1.165) is 11.5 Å². The summed E-state index contributed by atoms with van der Waals surface area (Å²) in [5.41, 5.74) is 0.814. The van der Waals surface area contributed by atoms with Gasteiger partial charge in [-0.05, 0) is 12.1 Å². The van der Waals surface area contributed by atoms with Gasteiger partial charge in [0.2, 0.25) is 0 Å². The van der Waals surface area contributed by atoms with Crippen LogP contribution in [0.3, 0.4) is 0 Å². The summed E-state index contributed by atoms with van der Waals surface area (Å²) < 4.78 is 1.68. The molecular formula is C8H10N4O. The molecule has 2 aromatic rings. The number of aliphatic hydroxyl groups is 1. The smallest absolute Gasteiger partial charge is 0.153 e. The summed E-state index contributed by atoms with van der Waals surface area (Å²) in [6.45, 7) is 0.608. The first-order valence-corrected chi connectivity index (χ1v) is 4.05. The molecule has 0 radical (unpaired) electrons. The SMILES string of the molecule is OCCNc1ccc2nccn2n1. The number of aliphatic hydroxyl groups excluding tert-OH is 1. The number of hydrogen-bond donors (Lipinski definition) is 2. The van der Waals surface area contributed by atoms with Gasteiger partial charge in [0.1, 0.15) is 5.82 Å². The van der Waals surface area contributed by atoms with Crippen molar-refractivity contribution in [3.05, 3.63) is 24.5 Å². The molecule has 13 heavy (non-hydrogen) atoms. The predicted octanol–water partition coefficient (Wildman–Crippen LogP) is 0.133. The Morgan fingerprint density at radius 3 is 3.23 bits per heavy atom. The van der Waals surface area contributed by atoms with Crippen LogP contribution in [0.2, 0.25) is 0 Å². The molecule has 68 valence electrons. The molecule has 2 heterocycles. The van der Waals surface area contributed by atoms with Crippen LogP contribution in [0.15, 0.2) is 24.5 Å². The van der Waals surface area contributed by atoms with Crippen LogP contribution < -0.4 is 5.32 Å². The minimum atomic E-state index is 0.101. The third-order valence-corrected chi connectivity index (χ3v) is 1.67. The zero-order valence-electron chi connectivity index (χ0n) is 7.01. The molecule has 2 rings (SSSR count). The maximum atomic E-state index is 8.59. The molecule has 0 aliphatic carbocycles. The van der Waals surface area contributed by atoms with E-state index in [4.69, 9.17) is 5.11 Å². The number of nitrogens with zero attached hydrogens (tertiary/aromatic N) is 3. The van der Waals surface area contributed by atoms with E-state index in [1.54, 1.807) is 16.9 Å². The minimum Gasteiger partial charge on any atom is -0.395 e. The zero-order chi connectivity index (χ0) is 9.10. The largest absolute Gasteiger partial charge is 0.395 e. The molecule has 5 nitrogen and oxygen atoms in total. The van der Waals surface area contributed by atoms with Crippen LogP contribution in [0.25, 0.3) is 5.65 Å². The summed E-state index contributed by atoms with van der Waals surface area (Å²) in [7, 11) is 0. The number of hydrogen-bond acceptors (Lipinski definition) is 4. The average molecular weight is 178 g/mol. The second-order valence-corrected chi connectivity index (χ2v) is 2.60. The molecule has 5 heteroatoms. The fraction of sp³-hybridized carbons (Fsp3) is 0.250. The third-order valence-electron chi connectivity index (χ3n) is 1.67. The van der Waals surface area contributed by atoms with E-state index in [1.165, 1.54) is 0 Å². The summed E-state index contributed by atoms with van der Waals surface area (Å²) in [6, 6.07) is 3.70. The van der Waals surface area contributed by atoms with Crippen molar-refractivity contribution in [3.63, 3.8) is 0 Å². The van der Waals surface area contributed by atoms with Gasteiger partial charge in [0.25, 0.3) is 0 Å². The van der Waals surface area contributed by atoms with Gasteiger partial charge in [-0.3, -0.25) is 0 Å². The number of rotatable bonds is 3. The second kappa shape index (κ2) is 3.40. The first-order chi connectivity index (χ1) is 6.40. The summed E-state index contributed by atoms with van der Waals surface area (Å²) in [5, 5.41) is 15.8. The van der Waals surface area contributed by atoms with E-state index in [1.807, 2.05) is 12.1 Å². The molecule has 0 aliphatic rings. The fourth-order valence-electron chi connectivity index (χ4n) is 1.09.